The van der Waals surface area contributed by atoms with Gasteiger partial charge in [-0.1, -0.05) is 45.0 Å². The van der Waals surface area contributed by atoms with E-state index in [2.05, 4.69) is 60.6 Å². The van der Waals surface area contributed by atoms with Crippen LogP contribution in [0, 0.1) is 13.8 Å². The van der Waals surface area contributed by atoms with Gasteiger partial charge >= 0.3 is 0 Å². The predicted octanol–water partition coefficient (Wildman–Crippen LogP) is 3.76. The Labute approximate surface area is 166 Å². The minimum Gasteiger partial charge on any atom is -0.311 e. The average Bonchev–Trinajstić information content (AvgIpc) is 3.14. The van der Waals surface area contributed by atoms with Crippen molar-refractivity contribution in [3.05, 3.63) is 64.6 Å². The van der Waals surface area contributed by atoms with Crippen molar-refractivity contribution >= 4 is 11.7 Å². The summed E-state index contributed by atoms with van der Waals surface area (Å²) in [6, 6.07) is 10.4. The number of anilines is 1. The molecule has 0 radical (unpaired) electrons. The van der Waals surface area contributed by atoms with Gasteiger partial charge in [-0.2, -0.15) is 10.2 Å². The van der Waals surface area contributed by atoms with E-state index in [0.717, 1.165) is 22.5 Å². The molecule has 0 unspecified atom stereocenters. The number of amides is 1. The van der Waals surface area contributed by atoms with Crippen molar-refractivity contribution in [3.63, 3.8) is 0 Å². The van der Waals surface area contributed by atoms with Crippen molar-refractivity contribution in [1.82, 2.24) is 19.6 Å². The number of hydrogen-bond donors (Lipinski definition) is 1. The first-order valence-corrected chi connectivity index (χ1v) is 9.55. The molecule has 0 atom stereocenters. The monoisotopic (exact) mass is 379 g/mol. The SMILES string of the molecule is Cc1nn(C)c(C)c1CC(=O)Nc1ccnn1Cc1ccc(C(C)(C)C)cc1. The lowest BCUT2D eigenvalue weighted by Crippen LogP contribution is -2.18. The van der Waals surface area contributed by atoms with E-state index in [-0.39, 0.29) is 11.3 Å². The molecule has 0 fully saturated rings. The van der Waals surface area contributed by atoms with Gasteiger partial charge in [0.2, 0.25) is 5.91 Å². The molecule has 2 heterocycles. The zero-order valence-electron chi connectivity index (χ0n) is 17.6. The van der Waals surface area contributed by atoms with E-state index in [0.29, 0.717) is 18.8 Å². The Kier molecular flexibility index (Phi) is 5.40. The summed E-state index contributed by atoms with van der Waals surface area (Å²) in [4.78, 5) is 12.6. The summed E-state index contributed by atoms with van der Waals surface area (Å²) in [5, 5.41) is 11.7. The molecule has 28 heavy (non-hydrogen) atoms. The molecular formula is C22H29N5O. The number of aromatic nitrogens is 4. The van der Waals surface area contributed by atoms with Crippen LogP contribution in [0.2, 0.25) is 0 Å². The first kappa shape index (κ1) is 19.9. The molecule has 6 nitrogen and oxygen atoms in total. The minimum absolute atomic E-state index is 0.0657. The van der Waals surface area contributed by atoms with Crippen LogP contribution >= 0.6 is 0 Å². The van der Waals surface area contributed by atoms with Crippen LogP contribution in [0.3, 0.4) is 0 Å². The lowest BCUT2D eigenvalue weighted by Gasteiger charge is -2.19. The second kappa shape index (κ2) is 7.62. The Bertz CT molecular complexity index is 974. The van der Waals surface area contributed by atoms with Crippen LogP contribution in [0.4, 0.5) is 5.82 Å². The van der Waals surface area contributed by atoms with Gasteiger partial charge in [0.25, 0.3) is 0 Å². The molecule has 3 rings (SSSR count). The fraction of sp³-hybridized carbons (Fsp3) is 0.409. The molecule has 0 bridgehead atoms. The summed E-state index contributed by atoms with van der Waals surface area (Å²) in [5.74, 6) is 0.633. The molecule has 148 valence electrons. The number of rotatable bonds is 5. The van der Waals surface area contributed by atoms with E-state index < -0.39 is 0 Å². The zero-order chi connectivity index (χ0) is 20.5. The van der Waals surface area contributed by atoms with E-state index in [1.165, 1.54) is 5.56 Å². The Morgan fingerprint density at radius 3 is 2.36 bits per heavy atom. The Morgan fingerprint density at radius 2 is 1.79 bits per heavy atom. The molecule has 0 saturated carbocycles. The number of nitrogens with zero attached hydrogens (tertiary/aromatic N) is 4. The summed E-state index contributed by atoms with van der Waals surface area (Å²) in [7, 11) is 1.89. The van der Waals surface area contributed by atoms with Crippen LogP contribution in [0.5, 0.6) is 0 Å². The standard InChI is InChI=1S/C22H29N5O/c1-15-19(16(2)26(6)25-15)13-21(28)24-20-11-12-23-27(20)14-17-7-9-18(10-8-17)22(3,4)5/h7-12H,13-14H2,1-6H3,(H,24,28). The van der Waals surface area contributed by atoms with Crippen molar-refractivity contribution in [1.29, 1.82) is 0 Å². The Hall–Kier alpha value is -2.89. The molecule has 6 heteroatoms. The van der Waals surface area contributed by atoms with E-state index in [1.54, 1.807) is 6.20 Å². The number of carbonyl (C=O) groups is 1. The number of benzene rings is 1. The third-order valence-electron chi connectivity index (χ3n) is 5.13. The minimum atomic E-state index is -0.0657. The smallest absolute Gasteiger partial charge is 0.230 e. The number of nitrogens with one attached hydrogen (secondary N) is 1. The predicted molar refractivity (Wildman–Crippen MR) is 111 cm³/mol. The number of carbonyl (C=O) groups excluding carboxylic acids is 1. The lowest BCUT2D eigenvalue weighted by atomic mass is 9.87. The number of hydrogen-bond acceptors (Lipinski definition) is 3. The van der Waals surface area contributed by atoms with Gasteiger partial charge in [-0.3, -0.25) is 9.48 Å². The molecule has 0 aliphatic carbocycles. The highest BCUT2D eigenvalue weighted by atomic mass is 16.1. The zero-order valence-corrected chi connectivity index (χ0v) is 17.6. The highest BCUT2D eigenvalue weighted by molar-refractivity contribution is 5.91. The van der Waals surface area contributed by atoms with E-state index in [4.69, 9.17) is 0 Å². The summed E-state index contributed by atoms with van der Waals surface area (Å²) in [6.07, 6.45) is 2.01. The quantitative estimate of drug-likeness (QED) is 0.734. The third-order valence-corrected chi connectivity index (χ3v) is 5.13. The molecule has 1 N–H and O–H groups in total. The van der Waals surface area contributed by atoms with Crippen LogP contribution < -0.4 is 5.32 Å². The van der Waals surface area contributed by atoms with Crippen LogP contribution in [0.15, 0.2) is 36.5 Å². The van der Waals surface area contributed by atoms with Crippen LogP contribution in [-0.2, 0) is 30.2 Å². The maximum Gasteiger partial charge on any atom is 0.230 e. The van der Waals surface area contributed by atoms with Crippen molar-refractivity contribution in [2.75, 3.05) is 5.32 Å². The van der Waals surface area contributed by atoms with Gasteiger partial charge in [-0.25, -0.2) is 4.68 Å². The normalized spacial score (nSPS) is 11.6. The van der Waals surface area contributed by atoms with Crippen LogP contribution in [0.25, 0.3) is 0 Å². The molecule has 0 spiro atoms. The van der Waals surface area contributed by atoms with Crippen LogP contribution in [0.1, 0.15) is 48.8 Å². The third kappa shape index (κ3) is 4.32. The molecule has 1 amide bonds. The molecule has 2 aromatic heterocycles. The maximum absolute atomic E-state index is 12.6. The molecule has 1 aromatic carbocycles. The summed E-state index contributed by atoms with van der Waals surface area (Å²) in [5.41, 5.74) is 5.46. The van der Waals surface area contributed by atoms with Gasteiger partial charge in [0.15, 0.2) is 0 Å². The summed E-state index contributed by atoms with van der Waals surface area (Å²) in [6.45, 7) is 11.1. The second-order valence-corrected chi connectivity index (χ2v) is 8.32. The van der Waals surface area contributed by atoms with E-state index in [9.17, 15) is 4.79 Å². The fourth-order valence-corrected chi connectivity index (χ4v) is 3.27. The first-order valence-electron chi connectivity index (χ1n) is 9.55. The first-order chi connectivity index (χ1) is 13.1. The molecule has 0 aliphatic heterocycles. The van der Waals surface area contributed by atoms with Crippen molar-refractivity contribution in [2.45, 2.75) is 53.0 Å². The molecule has 0 aliphatic rings. The largest absolute Gasteiger partial charge is 0.311 e. The van der Waals surface area contributed by atoms with Gasteiger partial charge in [0.1, 0.15) is 5.82 Å². The van der Waals surface area contributed by atoms with Crippen molar-refractivity contribution in [2.24, 2.45) is 7.05 Å². The van der Waals surface area contributed by atoms with Crippen molar-refractivity contribution in [3.8, 4) is 0 Å². The number of aryl methyl sites for hydroxylation is 2. The Balaban J connectivity index is 1.69. The molecular weight excluding hydrogens is 350 g/mol. The second-order valence-electron chi connectivity index (χ2n) is 8.32. The van der Waals surface area contributed by atoms with Gasteiger partial charge < -0.3 is 5.32 Å². The van der Waals surface area contributed by atoms with Gasteiger partial charge in [-0.05, 0) is 30.4 Å². The van der Waals surface area contributed by atoms with Gasteiger partial charge in [0.05, 0.1) is 24.9 Å². The summed E-state index contributed by atoms with van der Waals surface area (Å²) < 4.78 is 3.62. The fourth-order valence-electron chi connectivity index (χ4n) is 3.27. The molecule has 3 aromatic rings. The average molecular weight is 380 g/mol. The summed E-state index contributed by atoms with van der Waals surface area (Å²) >= 11 is 0. The Morgan fingerprint density at radius 1 is 1.11 bits per heavy atom. The molecule has 0 saturated heterocycles. The highest BCUT2D eigenvalue weighted by Crippen LogP contribution is 2.22. The van der Waals surface area contributed by atoms with E-state index in [1.807, 2.05) is 36.3 Å². The van der Waals surface area contributed by atoms with Crippen LogP contribution in [-0.4, -0.2) is 25.5 Å². The lowest BCUT2D eigenvalue weighted by molar-refractivity contribution is -0.115. The topological polar surface area (TPSA) is 64.7 Å². The highest BCUT2D eigenvalue weighted by Gasteiger charge is 2.16. The van der Waals surface area contributed by atoms with Gasteiger partial charge in [0, 0.05) is 24.4 Å². The maximum atomic E-state index is 12.6. The van der Waals surface area contributed by atoms with Gasteiger partial charge in [-0.15, -0.1) is 0 Å². The van der Waals surface area contributed by atoms with Crippen molar-refractivity contribution < 1.29 is 4.79 Å². The van der Waals surface area contributed by atoms with E-state index >= 15 is 0 Å².